The van der Waals surface area contributed by atoms with Gasteiger partial charge in [-0.05, 0) is 55.9 Å². The second kappa shape index (κ2) is 9.18. The second-order valence-electron chi connectivity index (χ2n) is 7.07. The fourth-order valence-electron chi connectivity index (χ4n) is 3.63. The lowest BCUT2D eigenvalue weighted by Gasteiger charge is -2.38. The van der Waals surface area contributed by atoms with Crippen LogP contribution in [0.5, 0.6) is 0 Å². The zero-order chi connectivity index (χ0) is 18.6. The Morgan fingerprint density at radius 3 is 2.44 bits per heavy atom. The highest BCUT2D eigenvalue weighted by atomic mass is 127. The Kier molecular flexibility index (Phi) is 7.43. The Morgan fingerprint density at radius 1 is 1.22 bits per heavy atom. The lowest BCUT2D eigenvalue weighted by Crippen LogP contribution is -2.42. The van der Waals surface area contributed by atoms with E-state index in [1.54, 1.807) is 0 Å². The number of likely N-dealkylation sites (tertiary alicyclic amines) is 1. The van der Waals surface area contributed by atoms with E-state index in [0.717, 1.165) is 37.7 Å². The molecule has 148 valence electrons. The van der Waals surface area contributed by atoms with Crippen molar-refractivity contribution in [2.45, 2.75) is 38.8 Å². The van der Waals surface area contributed by atoms with E-state index in [9.17, 15) is 13.2 Å². The highest BCUT2D eigenvalue weighted by molar-refractivity contribution is 14.0. The van der Waals surface area contributed by atoms with Crippen molar-refractivity contribution in [1.29, 1.82) is 0 Å². The lowest BCUT2D eigenvalue weighted by atomic mass is 9.68. The molecule has 1 aromatic carbocycles. The molecule has 0 radical (unpaired) electrons. The van der Waals surface area contributed by atoms with Gasteiger partial charge in [-0.3, -0.25) is 0 Å². The van der Waals surface area contributed by atoms with Gasteiger partial charge in [0, 0.05) is 25.2 Å². The molecule has 1 aromatic rings. The van der Waals surface area contributed by atoms with E-state index in [0.29, 0.717) is 17.5 Å². The molecule has 7 heteroatoms. The maximum absolute atomic E-state index is 12.6. The summed E-state index contributed by atoms with van der Waals surface area (Å²) in [4.78, 5) is 6.88. The zero-order valence-corrected chi connectivity index (χ0v) is 17.7. The number of hydrogen-bond donors (Lipinski definition) is 1. The van der Waals surface area contributed by atoms with Crippen molar-refractivity contribution in [3.8, 4) is 11.8 Å². The molecule has 2 fully saturated rings. The standard InChI is InChI=1S/C20H24F3N3.HI/c1-2-24-18(26-14-12-19(15-26)10-4-11-19)25-13-3-5-16-6-8-17(9-7-16)20(21,22)23;/h6-9H,2,4,10-15H2,1H3,(H,24,25);1H. The lowest BCUT2D eigenvalue weighted by molar-refractivity contribution is -0.137. The van der Waals surface area contributed by atoms with Gasteiger partial charge in [0.2, 0.25) is 0 Å². The van der Waals surface area contributed by atoms with E-state index in [-0.39, 0.29) is 24.0 Å². The fraction of sp³-hybridized carbons (Fsp3) is 0.550. The van der Waals surface area contributed by atoms with Crippen LogP contribution in [0.15, 0.2) is 29.3 Å². The summed E-state index contributed by atoms with van der Waals surface area (Å²) in [6.45, 7) is 5.25. The molecule has 0 atom stereocenters. The highest BCUT2D eigenvalue weighted by Crippen LogP contribution is 2.47. The summed E-state index contributed by atoms with van der Waals surface area (Å²) in [6, 6.07) is 4.90. The Balaban J connectivity index is 0.00000261. The SMILES string of the molecule is CCNC(=NCC#Cc1ccc(C(F)(F)F)cc1)N1CCC2(CCC2)C1.I. The van der Waals surface area contributed by atoms with Crippen LogP contribution in [-0.4, -0.2) is 37.0 Å². The van der Waals surface area contributed by atoms with Crippen molar-refractivity contribution in [2.24, 2.45) is 10.4 Å². The van der Waals surface area contributed by atoms with Gasteiger partial charge in [-0.2, -0.15) is 13.2 Å². The van der Waals surface area contributed by atoms with E-state index in [4.69, 9.17) is 0 Å². The minimum atomic E-state index is -4.31. The maximum Gasteiger partial charge on any atom is 0.416 e. The van der Waals surface area contributed by atoms with E-state index in [1.807, 2.05) is 6.92 Å². The van der Waals surface area contributed by atoms with E-state index in [1.165, 1.54) is 37.8 Å². The minimum Gasteiger partial charge on any atom is -0.356 e. The molecule has 1 aliphatic heterocycles. The number of benzene rings is 1. The summed E-state index contributed by atoms with van der Waals surface area (Å²) in [5.41, 5.74) is 0.407. The van der Waals surface area contributed by atoms with Crippen molar-refractivity contribution in [2.75, 3.05) is 26.2 Å². The molecule has 0 unspecified atom stereocenters. The molecule has 1 spiro atoms. The number of hydrogen-bond acceptors (Lipinski definition) is 1. The van der Waals surface area contributed by atoms with Crippen LogP contribution in [0.4, 0.5) is 13.2 Å². The first-order valence-electron chi connectivity index (χ1n) is 9.11. The van der Waals surface area contributed by atoms with Crippen LogP contribution in [0.25, 0.3) is 0 Å². The summed E-state index contributed by atoms with van der Waals surface area (Å²) in [5, 5.41) is 3.32. The topological polar surface area (TPSA) is 27.6 Å². The van der Waals surface area contributed by atoms with Crippen molar-refractivity contribution < 1.29 is 13.2 Å². The molecule has 1 saturated carbocycles. The number of alkyl halides is 3. The van der Waals surface area contributed by atoms with Gasteiger partial charge in [-0.25, -0.2) is 4.99 Å². The zero-order valence-electron chi connectivity index (χ0n) is 15.4. The van der Waals surface area contributed by atoms with Gasteiger partial charge >= 0.3 is 6.18 Å². The van der Waals surface area contributed by atoms with Gasteiger partial charge in [0.25, 0.3) is 0 Å². The predicted molar refractivity (Wildman–Crippen MR) is 112 cm³/mol. The summed E-state index contributed by atoms with van der Waals surface area (Å²) in [6.07, 6.45) is 0.881. The van der Waals surface area contributed by atoms with Crippen LogP contribution in [-0.2, 0) is 6.18 Å². The molecule has 0 aromatic heterocycles. The highest BCUT2D eigenvalue weighted by Gasteiger charge is 2.43. The quantitative estimate of drug-likeness (QED) is 0.285. The van der Waals surface area contributed by atoms with Crippen LogP contribution in [0.1, 0.15) is 43.7 Å². The van der Waals surface area contributed by atoms with Crippen molar-refractivity contribution in [3.63, 3.8) is 0 Å². The molecule has 1 heterocycles. The van der Waals surface area contributed by atoms with E-state index in [2.05, 4.69) is 27.0 Å². The molecule has 3 rings (SSSR count). The first kappa shape index (κ1) is 21.9. The van der Waals surface area contributed by atoms with Crippen LogP contribution in [0, 0.1) is 17.3 Å². The smallest absolute Gasteiger partial charge is 0.356 e. The second-order valence-corrected chi connectivity index (χ2v) is 7.07. The molecule has 2 aliphatic rings. The average molecular weight is 491 g/mol. The molecule has 1 aliphatic carbocycles. The number of nitrogens with one attached hydrogen (secondary N) is 1. The number of aliphatic imine (C=N–C) groups is 1. The van der Waals surface area contributed by atoms with Gasteiger partial charge in [0.1, 0.15) is 6.54 Å². The monoisotopic (exact) mass is 491 g/mol. The number of halogens is 4. The van der Waals surface area contributed by atoms with Crippen molar-refractivity contribution >= 4 is 29.9 Å². The Morgan fingerprint density at radius 2 is 1.93 bits per heavy atom. The third kappa shape index (κ3) is 5.53. The van der Waals surface area contributed by atoms with Crippen molar-refractivity contribution in [1.82, 2.24) is 10.2 Å². The summed E-state index contributed by atoms with van der Waals surface area (Å²) in [5.74, 6) is 6.70. The molecule has 27 heavy (non-hydrogen) atoms. The maximum atomic E-state index is 12.6. The molecular formula is C20H25F3IN3. The molecule has 0 bridgehead atoms. The first-order chi connectivity index (χ1) is 12.4. The van der Waals surface area contributed by atoms with E-state index < -0.39 is 11.7 Å². The predicted octanol–water partition coefficient (Wildman–Crippen LogP) is 4.52. The van der Waals surface area contributed by atoms with Crippen LogP contribution < -0.4 is 5.32 Å². The summed E-state index contributed by atoms with van der Waals surface area (Å²) in [7, 11) is 0. The molecule has 1 N–H and O–H groups in total. The third-order valence-corrected chi connectivity index (χ3v) is 5.24. The van der Waals surface area contributed by atoms with E-state index >= 15 is 0 Å². The normalized spacial score (nSPS) is 18.4. The van der Waals surface area contributed by atoms with Crippen LogP contribution in [0.3, 0.4) is 0 Å². The largest absolute Gasteiger partial charge is 0.416 e. The molecule has 1 saturated heterocycles. The number of guanidine groups is 1. The minimum absolute atomic E-state index is 0. The average Bonchev–Trinajstić information content (AvgIpc) is 3.03. The van der Waals surface area contributed by atoms with Gasteiger partial charge in [-0.1, -0.05) is 18.3 Å². The first-order valence-corrected chi connectivity index (χ1v) is 9.11. The molecular weight excluding hydrogens is 466 g/mol. The van der Waals surface area contributed by atoms with Gasteiger partial charge < -0.3 is 10.2 Å². The summed E-state index contributed by atoms with van der Waals surface area (Å²) < 4.78 is 37.7. The fourth-order valence-corrected chi connectivity index (χ4v) is 3.63. The Labute approximate surface area is 175 Å². The number of rotatable bonds is 2. The summed E-state index contributed by atoms with van der Waals surface area (Å²) >= 11 is 0. The number of nitrogens with zero attached hydrogens (tertiary/aromatic N) is 2. The Hall–Kier alpha value is -1.43. The third-order valence-electron chi connectivity index (χ3n) is 5.24. The van der Waals surface area contributed by atoms with Crippen LogP contribution >= 0.6 is 24.0 Å². The van der Waals surface area contributed by atoms with Gasteiger partial charge in [-0.15, -0.1) is 24.0 Å². The van der Waals surface area contributed by atoms with Crippen molar-refractivity contribution in [3.05, 3.63) is 35.4 Å². The molecule has 3 nitrogen and oxygen atoms in total. The van der Waals surface area contributed by atoms with Gasteiger partial charge in [0.15, 0.2) is 5.96 Å². The van der Waals surface area contributed by atoms with Gasteiger partial charge in [0.05, 0.1) is 5.56 Å². The molecule has 0 amide bonds. The Bertz CT molecular complexity index is 713. The van der Waals surface area contributed by atoms with Crippen LogP contribution in [0.2, 0.25) is 0 Å².